The molecule has 0 atom stereocenters. The van der Waals surface area contributed by atoms with Crippen molar-refractivity contribution in [3.8, 4) is 22.4 Å². The average molecular weight is 399 g/mol. The van der Waals surface area contributed by atoms with Gasteiger partial charge in [0.15, 0.2) is 0 Å². The van der Waals surface area contributed by atoms with Crippen LogP contribution in [-0.4, -0.2) is 15.0 Å². The maximum Gasteiger partial charge on any atom is 0.259 e. The second kappa shape index (κ2) is 9.27. The summed E-state index contributed by atoms with van der Waals surface area (Å²) in [7, 11) is 0. The smallest absolute Gasteiger partial charge is 0.259 e. The highest BCUT2D eigenvalue weighted by molar-refractivity contribution is 5.79. The maximum atomic E-state index is 13.4. The van der Waals surface area contributed by atoms with Crippen LogP contribution >= 0.6 is 0 Å². The monoisotopic (exact) mass is 399 g/mol. The van der Waals surface area contributed by atoms with Crippen molar-refractivity contribution >= 4 is 0 Å². The van der Waals surface area contributed by atoms with Crippen LogP contribution in [0.15, 0.2) is 83.9 Å². The number of benzene rings is 2. The van der Waals surface area contributed by atoms with E-state index in [-0.39, 0.29) is 11.4 Å². The standard InChI is InChI=1S/C25H22FN3O/c26-21-12-10-19(11-13-21)23-24(20-14-16-27-17-15-20)28-22(29-25(23)30)9-5-4-8-18-6-2-1-3-7-18/h1-3,6-7,10-17H,4-5,8-9H2,(H,28,29,30). The Kier molecular flexibility index (Phi) is 6.09. The van der Waals surface area contributed by atoms with Crippen molar-refractivity contribution in [2.75, 3.05) is 0 Å². The van der Waals surface area contributed by atoms with Crippen molar-refractivity contribution in [3.05, 3.63) is 107 Å². The van der Waals surface area contributed by atoms with Gasteiger partial charge in [0.25, 0.3) is 5.56 Å². The van der Waals surface area contributed by atoms with Crippen molar-refractivity contribution in [2.24, 2.45) is 0 Å². The van der Waals surface area contributed by atoms with Gasteiger partial charge in [0.1, 0.15) is 11.6 Å². The topological polar surface area (TPSA) is 58.6 Å². The fraction of sp³-hybridized carbons (Fsp3) is 0.160. The van der Waals surface area contributed by atoms with Gasteiger partial charge < -0.3 is 4.98 Å². The van der Waals surface area contributed by atoms with E-state index in [1.165, 1.54) is 17.7 Å². The van der Waals surface area contributed by atoms with Crippen LogP contribution in [0.2, 0.25) is 0 Å². The molecule has 1 N–H and O–H groups in total. The van der Waals surface area contributed by atoms with Gasteiger partial charge in [0.05, 0.1) is 11.3 Å². The summed E-state index contributed by atoms with van der Waals surface area (Å²) in [5.41, 5.74) is 3.55. The molecule has 4 rings (SSSR count). The van der Waals surface area contributed by atoms with Gasteiger partial charge in [0, 0.05) is 24.4 Å². The lowest BCUT2D eigenvalue weighted by Crippen LogP contribution is -2.16. The summed E-state index contributed by atoms with van der Waals surface area (Å²) < 4.78 is 13.4. The molecule has 4 nitrogen and oxygen atoms in total. The lowest BCUT2D eigenvalue weighted by molar-refractivity contribution is 0.628. The molecule has 0 aliphatic rings. The van der Waals surface area contributed by atoms with Crippen LogP contribution in [0.1, 0.15) is 24.2 Å². The molecule has 0 bridgehead atoms. The molecule has 2 aromatic carbocycles. The Morgan fingerprint density at radius 3 is 2.23 bits per heavy atom. The fourth-order valence-corrected chi connectivity index (χ4v) is 3.51. The van der Waals surface area contributed by atoms with Gasteiger partial charge in [-0.05, 0) is 54.7 Å². The fourth-order valence-electron chi connectivity index (χ4n) is 3.51. The molecule has 0 spiro atoms. The predicted octanol–water partition coefficient (Wildman–Crippen LogP) is 5.20. The van der Waals surface area contributed by atoms with Crippen molar-refractivity contribution in [1.29, 1.82) is 0 Å². The summed E-state index contributed by atoms with van der Waals surface area (Å²) >= 11 is 0. The number of unbranched alkanes of at least 4 members (excludes halogenated alkanes) is 1. The summed E-state index contributed by atoms with van der Waals surface area (Å²) in [6, 6.07) is 19.9. The highest BCUT2D eigenvalue weighted by atomic mass is 19.1. The van der Waals surface area contributed by atoms with Crippen LogP contribution in [0.4, 0.5) is 4.39 Å². The molecular formula is C25H22FN3O. The number of hydrogen-bond acceptors (Lipinski definition) is 3. The summed E-state index contributed by atoms with van der Waals surface area (Å²) in [6.45, 7) is 0. The number of pyridine rings is 1. The third-order valence-corrected chi connectivity index (χ3v) is 5.03. The zero-order valence-corrected chi connectivity index (χ0v) is 16.5. The molecule has 0 aliphatic carbocycles. The molecule has 2 aromatic heterocycles. The van der Waals surface area contributed by atoms with E-state index in [0.29, 0.717) is 29.1 Å². The van der Waals surface area contributed by atoms with Gasteiger partial charge >= 0.3 is 0 Å². The van der Waals surface area contributed by atoms with E-state index in [4.69, 9.17) is 4.98 Å². The molecule has 0 saturated heterocycles. The minimum absolute atomic E-state index is 0.221. The van der Waals surface area contributed by atoms with E-state index < -0.39 is 0 Å². The molecule has 150 valence electrons. The number of hydrogen-bond donors (Lipinski definition) is 1. The Hall–Kier alpha value is -3.60. The first-order valence-electron chi connectivity index (χ1n) is 10.0. The zero-order valence-electron chi connectivity index (χ0n) is 16.5. The molecule has 0 unspecified atom stereocenters. The maximum absolute atomic E-state index is 13.4. The Labute approximate surface area is 174 Å². The van der Waals surface area contributed by atoms with Gasteiger partial charge in [-0.25, -0.2) is 9.37 Å². The number of H-pyrrole nitrogens is 1. The number of aromatic nitrogens is 3. The second-order valence-electron chi connectivity index (χ2n) is 7.17. The Balaban J connectivity index is 1.61. The molecule has 0 saturated carbocycles. The van der Waals surface area contributed by atoms with E-state index in [1.807, 2.05) is 30.3 Å². The first-order chi connectivity index (χ1) is 14.7. The summed E-state index contributed by atoms with van der Waals surface area (Å²) in [6.07, 6.45) is 6.96. The Morgan fingerprint density at radius 2 is 1.50 bits per heavy atom. The third kappa shape index (κ3) is 4.69. The summed E-state index contributed by atoms with van der Waals surface area (Å²) in [5, 5.41) is 0. The van der Waals surface area contributed by atoms with E-state index in [1.54, 1.807) is 24.5 Å². The van der Waals surface area contributed by atoms with Gasteiger partial charge in [-0.15, -0.1) is 0 Å². The quantitative estimate of drug-likeness (QED) is 0.434. The highest BCUT2D eigenvalue weighted by Gasteiger charge is 2.15. The Morgan fingerprint density at radius 1 is 0.800 bits per heavy atom. The van der Waals surface area contributed by atoms with Crippen LogP contribution in [0.3, 0.4) is 0 Å². The highest BCUT2D eigenvalue weighted by Crippen LogP contribution is 2.27. The second-order valence-corrected chi connectivity index (χ2v) is 7.17. The van der Waals surface area contributed by atoms with Crippen LogP contribution in [0.5, 0.6) is 0 Å². The molecule has 0 radical (unpaired) electrons. The van der Waals surface area contributed by atoms with E-state index in [0.717, 1.165) is 24.8 Å². The SMILES string of the molecule is O=c1[nH]c(CCCCc2ccccc2)nc(-c2ccncc2)c1-c1ccc(F)cc1. The zero-order chi connectivity index (χ0) is 20.8. The third-order valence-electron chi connectivity index (χ3n) is 5.03. The number of aryl methyl sites for hydroxylation is 2. The van der Waals surface area contributed by atoms with E-state index >= 15 is 0 Å². The molecule has 0 aliphatic heterocycles. The average Bonchev–Trinajstić information content (AvgIpc) is 2.78. The molecule has 5 heteroatoms. The van der Waals surface area contributed by atoms with Crippen LogP contribution in [0, 0.1) is 5.82 Å². The van der Waals surface area contributed by atoms with Crippen LogP contribution < -0.4 is 5.56 Å². The van der Waals surface area contributed by atoms with Crippen LogP contribution in [-0.2, 0) is 12.8 Å². The molecule has 30 heavy (non-hydrogen) atoms. The molecule has 0 amide bonds. The molecule has 0 fully saturated rings. The molecule has 4 aromatic rings. The molecule has 2 heterocycles. The van der Waals surface area contributed by atoms with E-state index in [2.05, 4.69) is 22.1 Å². The van der Waals surface area contributed by atoms with Gasteiger partial charge in [-0.3, -0.25) is 9.78 Å². The van der Waals surface area contributed by atoms with Gasteiger partial charge in [-0.2, -0.15) is 0 Å². The number of rotatable bonds is 7. The largest absolute Gasteiger partial charge is 0.310 e. The van der Waals surface area contributed by atoms with Crippen LogP contribution in [0.25, 0.3) is 22.4 Å². The Bertz CT molecular complexity index is 1160. The number of aromatic amines is 1. The number of halogens is 1. The normalized spacial score (nSPS) is 10.8. The lowest BCUT2D eigenvalue weighted by atomic mass is 10.0. The summed E-state index contributed by atoms with van der Waals surface area (Å²) in [4.78, 5) is 24.7. The van der Waals surface area contributed by atoms with Crippen molar-refractivity contribution < 1.29 is 4.39 Å². The first kappa shape index (κ1) is 19.7. The summed E-state index contributed by atoms with van der Waals surface area (Å²) in [5.74, 6) is 0.314. The van der Waals surface area contributed by atoms with Gasteiger partial charge in [0.2, 0.25) is 0 Å². The number of nitrogens with one attached hydrogen (secondary N) is 1. The lowest BCUT2D eigenvalue weighted by Gasteiger charge is -2.11. The van der Waals surface area contributed by atoms with E-state index in [9.17, 15) is 9.18 Å². The predicted molar refractivity (Wildman–Crippen MR) is 117 cm³/mol. The van der Waals surface area contributed by atoms with Gasteiger partial charge in [-0.1, -0.05) is 42.5 Å². The minimum Gasteiger partial charge on any atom is -0.310 e. The minimum atomic E-state index is -0.344. The van der Waals surface area contributed by atoms with Crippen molar-refractivity contribution in [1.82, 2.24) is 15.0 Å². The first-order valence-corrected chi connectivity index (χ1v) is 10.0. The molecular weight excluding hydrogens is 377 g/mol. The number of nitrogens with zero attached hydrogens (tertiary/aromatic N) is 2. The van der Waals surface area contributed by atoms with Crippen molar-refractivity contribution in [2.45, 2.75) is 25.7 Å². The van der Waals surface area contributed by atoms with Crippen molar-refractivity contribution in [3.63, 3.8) is 0 Å².